The summed E-state index contributed by atoms with van der Waals surface area (Å²) in [4.78, 5) is 55.4. The molecule has 6 aliphatic rings. The van der Waals surface area contributed by atoms with E-state index < -0.39 is 83.7 Å². The SMILES string of the molecule is C[C@]12C(=O)NC(=O)N3[C@H]1[C@H]1N(C(=O)NC(=O)[C@]12C)[C@H]1C[C@H](O)[C@@H](COCO[C@H]2C[C@H]3O[C@@H]2CO)O1. The van der Waals surface area contributed by atoms with Crippen molar-refractivity contribution in [2.45, 2.75) is 75.6 Å². The molecule has 5 heterocycles. The van der Waals surface area contributed by atoms with E-state index >= 15 is 0 Å². The molecule has 192 valence electrons. The molecule has 0 radical (unpaired) electrons. The van der Waals surface area contributed by atoms with Crippen LogP contribution in [-0.2, 0) is 28.5 Å². The number of nitrogens with zero attached hydrogens (tertiary/aromatic N) is 2. The third kappa shape index (κ3) is 2.80. The molecule has 6 amide bonds. The normalized spacial score (nSPS) is 49.1. The van der Waals surface area contributed by atoms with Gasteiger partial charge in [-0.05, 0) is 13.8 Å². The summed E-state index contributed by atoms with van der Waals surface area (Å²) in [6.07, 6.45) is -4.68. The molecular weight excluding hydrogens is 468 g/mol. The molecule has 14 heteroatoms. The lowest BCUT2D eigenvalue weighted by atomic mass is 9.42. The first-order valence-corrected chi connectivity index (χ1v) is 11.7. The molecule has 5 saturated heterocycles. The highest BCUT2D eigenvalue weighted by molar-refractivity contribution is 6.10. The van der Waals surface area contributed by atoms with Crippen molar-refractivity contribution in [1.82, 2.24) is 20.4 Å². The fourth-order valence-corrected chi connectivity index (χ4v) is 6.75. The smallest absolute Gasteiger partial charge is 0.326 e. The van der Waals surface area contributed by atoms with Crippen LogP contribution in [0.4, 0.5) is 9.59 Å². The van der Waals surface area contributed by atoms with Gasteiger partial charge in [0, 0.05) is 12.8 Å². The quantitative estimate of drug-likeness (QED) is 0.312. The van der Waals surface area contributed by atoms with Gasteiger partial charge in [0.1, 0.15) is 31.5 Å². The van der Waals surface area contributed by atoms with Crippen molar-refractivity contribution < 1.29 is 48.3 Å². The predicted molar refractivity (Wildman–Crippen MR) is 110 cm³/mol. The van der Waals surface area contributed by atoms with Crippen LogP contribution >= 0.6 is 0 Å². The maximum absolute atomic E-state index is 13.2. The number of rotatable bonds is 1. The number of amides is 6. The first-order chi connectivity index (χ1) is 16.6. The average Bonchev–Trinajstić information content (AvgIpc) is 3.38. The minimum Gasteiger partial charge on any atom is -0.394 e. The van der Waals surface area contributed by atoms with Crippen LogP contribution in [0.25, 0.3) is 0 Å². The predicted octanol–water partition coefficient (Wildman–Crippen LogP) is -2.19. The van der Waals surface area contributed by atoms with Crippen molar-refractivity contribution in [2.75, 3.05) is 20.0 Å². The summed E-state index contributed by atoms with van der Waals surface area (Å²) >= 11 is 0. The Morgan fingerprint density at radius 3 is 2.06 bits per heavy atom. The molecule has 35 heavy (non-hydrogen) atoms. The Kier molecular flexibility index (Phi) is 4.99. The van der Waals surface area contributed by atoms with E-state index in [0.29, 0.717) is 0 Å². The maximum Gasteiger partial charge on any atom is 0.326 e. The largest absolute Gasteiger partial charge is 0.394 e. The molecule has 14 nitrogen and oxygen atoms in total. The number of aliphatic hydroxyl groups is 2. The number of imide groups is 2. The van der Waals surface area contributed by atoms with Gasteiger partial charge in [0.15, 0.2) is 0 Å². The second-order valence-electron chi connectivity index (χ2n) is 10.3. The van der Waals surface area contributed by atoms with Crippen molar-refractivity contribution >= 4 is 23.9 Å². The Labute approximate surface area is 199 Å². The van der Waals surface area contributed by atoms with Gasteiger partial charge in [-0.15, -0.1) is 0 Å². The summed E-state index contributed by atoms with van der Waals surface area (Å²) in [6.45, 7) is 2.62. The number of ether oxygens (including phenoxy) is 4. The van der Waals surface area contributed by atoms with Crippen LogP contribution in [0.5, 0.6) is 0 Å². The lowest BCUT2D eigenvalue weighted by molar-refractivity contribution is -0.243. The van der Waals surface area contributed by atoms with Gasteiger partial charge in [-0.2, -0.15) is 0 Å². The minimum absolute atomic E-state index is 0.0110. The standard InChI is InChI=1S/C21H28N4O10/c1-20-14-15-21(20,2)17(29)23-19(31)25(15)13-4-9(10(5-26)34-13)33-7-32-6-11-8(27)3-12(35-11)24(14)18(30)22-16(20)28/h8-15,26-27H,3-7H2,1-2H3,(H,22,28,30)(H,23,29,31)/t8-,9-,10+,11+,12+,13+,14+,15-,20-,21+/m0/s1. The number of aliphatic hydroxyl groups excluding tert-OH is 2. The highest BCUT2D eigenvalue weighted by Gasteiger charge is 2.82. The minimum atomic E-state index is -1.40. The van der Waals surface area contributed by atoms with E-state index in [0.717, 1.165) is 0 Å². The first-order valence-electron chi connectivity index (χ1n) is 11.7. The second-order valence-corrected chi connectivity index (χ2v) is 10.3. The Morgan fingerprint density at radius 2 is 1.49 bits per heavy atom. The van der Waals surface area contributed by atoms with Crippen molar-refractivity contribution in [3.8, 4) is 0 Å². The van der Waals surface area contributed by atoms with Gasteiger partial charge < -0.3 is 29.2 Å². The summed E-state index contributed by atoms with van der Waals surface area (Å²) in [7, 11) is 0. The van der Waals surface area contributed by atoms with Gasteiger partial charge in [0.05, 0.1) is 48.3 Å². The number of urea groups is 2. The number of nitrogens with one attached hydrogen (secondary N) is 2. The number of fused-ring (bicyclic) bond motifs is 7. The van der Waals surface area contributed by atoms with Crippen molar-refractivity contribution in [1.29, 1.82) is 0 Å². The first kappa shape index (κ1) is 23.1. The van der Waals surface area contributed by atoms with Crippen molar-refractivity contribution in [2.24, 2.45) is 10.8 Å². The highest BCUT2D eigenvalue weighted by atomic mass is 16.7. The molecule has 0 spiro atoms. The molecule has 10 atom stereocenters. The molecule has 0 aromatic carbocycles. The number of hydrogen-bond acceptors (Lipinski definition) is 10. The van der Waals surface area contributed by atoms with Gasteiger partial charge in [-0.3, -0.25) is 30.0 Å². The fraction of sp³-hybridized carbons (Fsp3) is 0.810. The van der Waals surface area contributed by atoms with E-state index in [4.69, 9.17) is 18.9 Å². The van der Waals surface area contributed by atoms with E-state index in [1.165, 1.54) is 9.80 Å². The molecule has 0 aromatic heterocycles. The Morgan fingerprint density at radius 1 is 0.914 bits per heavy atom. The zero-order valence-corrected chi connectivity index (χ0v) is 19.2. The fourth-order valence-electron chi connectivity index (χ4n) is 6.75. The molecule has 0 unspecified atom stereocenters. The maximum atomic E-state index is 13.2. The number of carbonyl (C=O) groups excluding carboxylic acids is 4. The summed E-state index contributed by atoms with van der Waals surface area (Å²) < 4.78 is 23.2. The number of hydrogen-bond donors (Lipinski definition) is 4. The average molecular weight is 496 g/mol. The van der Waals surface area contributed by atoms with E-state index in [1.54, 1.807) is 13.8 Å². The third-order valence-electron chi connectivity index (χ3n) is 8.85. The highest BCUT2D eigenvalue weighted by Crippen LogP contribution is 2.64. The van der Waals surface area contributed by atoms with Crippen LogP contribution in [0.15, 0.2) is 0 Å². The summed E-state index contributed by atoms with van der Waals surface area (Å²) in [6, 6.07) is -3.31. The number of carbonyl (C=O) groups is 4. The zero-order valence-electron chi connectivity index (χ0n) is 19.2. The molecule has 1 aliphatic carbocycles. The van der Waals surface area contributed by atoms with E-state index in [-0.39, 0.29) is 32.8 Å². The van der Waals surface area contributed by atoms with E-state index in [2.05, 4.69) is 10.6 Å². The van der Waals surface area contributed by atoms with E-state index in [9.17, 15) is 29.4 Å². The van der Waals surface area contributed by atoms with Crippen LogP contribution in [0, 0.1) is 10.8 Å². The summed E-state index contributed by atoms with van der Waals surface area (Å²) in [5.74, 6) is -1.26. The van der Waals surface area contributed by atoms with Gasteiger partial charge in [-0.25, -0.2) is 9.59 Å². The Balaban J connectivity index is 1.48. The van der Waals surface area contributed by atoms with Crippen LogP contribution in [0.1, 0.15) is 26.7 Å². The van der Waals surface area contributed by atoms with Crippen molar-refractivity contribution in [3.63, 3.8) is 0 Å². The van der Waals surface area contributed by atoms with Crippen LogP contribution in [0.2, 0.25) is 0 Å². The molecule has 0 aromatic rings. The monoisotopic (exact) mass is 496 g/mol. The summed E-state index contributed by atoms with van der Waals surface area (Å²) in [5, 5.41) is 25.1. The lowest BCUT2D eigenvalue weighted by Crippen LogP contribution is -2.92. The zero-order chi connectivity index (χ0) is 24.9. The second kappa shape index (κ2) is 7.57. The van der Waals surface area contributed by atoms with Crippen molar-refractivity contribution in [3.05, 3.63) is 0 Å². The van der Waals surface area contributed by atoms with E-state index in [1.807, 2.05) is 0 Å². The molecule has 6 rings (SSSR count). The molecule has 4 N–H and O–H groups in total. The molecule has 5 aliphatic heterocycles. The van der Waals surface area contributed by atoms with Crippen LogP contribution in [0.3, 0.4) is 0 Å². The van der Waals surface area contributed by atoms with Gasteiger partial charge >= 0.3 is 12.1 Å². The molecule has 1 saturated carbocycles. The topological polar surface area (TPSA) is 176 Å². The Hall–Kier alpha value is -2.36. The molecule has 6 fully saturated rings. The Bertz CT molecular complexity index is 995. The molecule has 4 bridgehead atoms. The lowest BCUT2D eigenvalue weighted by Gasteiger charge is -2.72. The van der Waals surface area contributed by atoms with Crippen LogP contribution in [-0.4, -0.2) is 113 Å². The summed E-state index contributed by atoms with van der Waals surface area (Å²) in [5.41, 5.74) is -2.80. The third-order valence-corrected chi connectivity index (χ3v) is 8.85. The molecular formula is C21H28N4O10. The van der Waals surface area contributed by atoms with Gasteiger partial charge in [0.25, 0.3) is 0 Å². The van der Waals surface area contributed by atoms with Gasteiger partial charge in [-0.1, -0.05) is 0 Å². The van der Waals surface area contributed by atoms with Gasteiger partial charge in [0.2, 0.25) is 11.8 Å². The van der Waals surface area contributed by atoms with Crippen LogP contribution < -0.4 is 10.6 Å².